The first-order chi connectivity index (χ1) is 16.7. The number of piperidine rings is 1. The van der Waals surface area contributed by atoms with Crippen LogP contribution in [0.2, 0.25) is 5.02 Å². The second-order valence-electron chi connectivity index (χ2n) is 8.60. The van der Waals surface area contributed by atoms with Gasteiger partial charge in [0.25, 0.3) is 5.91 Å². The van der Waals surface area contributed by atoms with E-state index in [0.29, 0.717) is 25.1 Å². The number of imide groups is 1. The van der Waals surface area contributed by atoms with Crippen molar-refractivity contribution in [3.8, 4) is 0 Å². The lowest BCUT2D eigenvalue weighted by atomic mass is 9.87. The number of hydrogen-bond donors (Lipinski definition) is 2. The van der Waals surface area contributed by atoms with Gasteiger partial charge < -0.3 is 10.6 Å². The molecule has 2 N–H and O–H groups in total. The molecule has 2 saturated heterocycles. The SMILES string of the molecule is CC[C@]1(c2ccccc2)NC(=O)N(CC(=O)Nc2ccc(Cl)c(S(=O)(=O)N3CCCCC3)c2)C1=O. The number of hydrogen-bond acceptors (Lipinski definition) is 5. The Bertz CT molecular complexity index is 1250. The van der Waals surface area contributed by atoms with Crippen LogP contribution in [0, 0.1) is 0 Å². The van der Waals surface area contributed by atoms with Crippen molar-refractivity contribution in [3.63, 3.8) is 0 Å². The van der Waals surface area contributed by atoms with E-state index in [-0.39, 0.29) is 15.6 Å². The molecule has 4 amide bonds. The van der Waals surface area contributed by atoms with Crippen molar-refractivity contribution in [1.82, 2.24) is 14.5 Å². The number of sulfonamides is 1. The van der Waals surface area contributed by atoms with E-state index in [1.54, 1.807) is 31.2 Å². The summed E-state index contributed by atoms with van der Waals surface area (Å²) in [5, 5.41) is 5.37. The van der Waals surface area contributed by atoms with Crippen LogP contribution in [-0.4, -0.2) is 55.1 Å². The summed E-state index contributed by atoms with van der Waals surface area (Å²) in [4.78, 5) is 39.4. The van der Waals surface area contributed by atoms with E-state index in [0.717, 1.165) is 24.2 Å². The topological polar surface area (TPSA) is 116 Å². The van der Waals surface area contributed by atoms with Crippen molar-refractivity contribution in [1.29, 1.82) is 0 Å². The van der Waals surface area contributed by atoms with Crippen LogP contribution in [-0.2, 0) is 25.2 Å². The van der Waals surface area contributed by atoms with Crippen molar-refractivity contribution in [2.75, 3.05) is 25.0 Å². The molecule has 2 aromatic carbocycles. The van der Waals surface area contributed by atoms with Gasteiger partial charge in [-0.1, -0.05) is 55.3 Å². The van der Waals surface area contributed by atoms with E-state index in [1.807, 2.05) is 6.07 Å². The Morgan fingerprint density at radius 3 is 2.43 bits per heavy atom. The maximum atomic E-state index is 13.2. The first kappa shape index (κ1) is 25.2. The predicted molar refractivity (Wildman–Crippen MR) is 131 cm³/mol. The molecular weight excluding hydrogens is 492 g/mol. The molecule has 2 aromatic rings. The Morgan fingerprint density at radius 2 is 1.77 bits per heavy atom. The third-order valence-electron chi connectivity index (χ3n) is 6.42. The lowest BCUT2D eigenvalue weighted by Crippen LogP contribution is -2.44. The molecule has 1 atom stereocenters. The molecule has 2 aliphatic rings. The van der Waals surface area contributed by atoms with Gasteiger partial charge >= 0.3 is 6.03 Å². The van der Waals surface area contributed by atoms with Gasteiger partial charge in [0.05, 0.1) is 5.02 Å². The van der Waals surface area contributed by atoms with Crippen molar-refractivity contribution >= 4 is 45.2 Å². The summed E-state index contributed by atoms with van der Waals surface area (Å²) in [5.41, 5.74) is -0.407. The number of carbonyl (C=O) groups excluding carboxylic acids is 3. The van der Waals surface area contributed by atoms with Gasteiger partial charge in [-0.15, -0.1) is 0 Å². The van der Waals surface area contributed by atoms with Gasteiger partial charge in [0.15, 0.2) is 0 Å². The van der Waals surface area contributed by atoms with Crippen LogP contribution in [0.3, 0.4) is 0 Å². The van der Waals surface area contributed by atoms with Gasteiger partial charge in [0.1, 0.15) is 17.0 Å². The van der Waals surface area contributed by atoms with Gasteiger partial charge in [0, 0.05) is 18.8 Å². The third kappa shape index (κ3) is 4.78. The highest BCUT2D eigenvalue weighted by molar-refractivity contribution is 7.89. The number of anilines is 1. The quantitative estimate of drug-likeness (QED) is 0.545. The van der Waals surface area contributed by atoms with Gasteiger partial charge in [-0.25, -0.2) is 13.2 Å². The van der Waals surface area contributed by atoms with Gasteiger partial charge in [-0.05, 0) is 43.0 Å². The molecule has 0 radical (unpaired) electrons. The van der Waals surface area contributed by atoms with Crippen molar-refractivity contribution in [2.45, 2.75) is 43.0 Å². The average Bonchev–Trinajstić information content (AvgIpc) is 3.11. The van der Waals surface area contributed by atoms with Gasteiger partial charge in [-0.2, -0.15) is 4.31 Å². The molecule has 0 bridgehead atoms. The standard InChI is InChI=1S/C24H27ClN4O5S/c1-2-24(17-9-5-3-6-10-17)22(31)29(23(32)27-24)16-21(30)26-18-11-12-19(25)20(15-18)35(33,34)28-13-7-4-8-14-28/h3,5-6,9-12,15H,2,4,7-8,13-14,16H2,1H3,(H,26,30)(H,27,32)/t24-/m1/s1. The zero-order valence-electron chi connectivity index (χ0n) is 19.3. The molecule has 0 unspecified atom stereocenters. The minimum atomic E-state index is -3.82. The molecule has 11 heteroatoms. The minimum absolute atomic E-state index is 0.0539. The van der Waals surface area contributed by atoms with Crippen molar-refractivity contribution < 1.29 is 22.8 Å². The number of benzene rings is 2. The first-order valence-electron chi connectivity index (χ1n) is 11.5. The fourth-order valence-electron chi connectivity index (χ4n) is 4.50. The largest absolute Gasteiger partial charge is 0.325 e. The lowest BCUT2D eigenvalue weighted by molar-refractivity contribution is -0.134. The second kappa shape index (κ2) is 9.96. The van der Waals surface area contributed by atoms with Crippen LogP contribution in [0.15, 0.2) is 53.4 Å². The number of amides is 4. The number of carbonyl (C=O) groups is 3. The highest BCUT2D eigenvalue weighted by Crippen LogP contribution is 2.33. The fourth-order valence-corrected chi connectivity index (χ4v) is 6.52. The lowest BCUT2D eigenvalue weighted by Gasteiger charge is -2.26. The van der Waals surface area contributed by atoms with E-state index < -0.39 is 40.0 Å². The molecular formula is C24H27ClN4O5S. The van der Waals surface area contributed by atoms with E-state index in [1.165, 1.54) is 22.5 Å². The highest BCUT2D eigenvalue weighted by atomic mass is 35.5. The summed E-state index contributed by atoms with van der Waals surface area (Å²) in [6.07, 6.45) is 2.85. The summed E-state index contributed by atoms with van der Waals surface area (Å²) in [7, 11) is -3.82. The van der Waals surface area contributed by atoms with Crippen LogP contribution < -0.4 is 10.6 Å². The summed E-state index contributed by atoms with van der Waals surface area (Å²) in [5.74, 6) is -1.16. The maximum Gasteiger partial charge on any atom is 0.325 e. The molecule has 35 heavy (non-hydrogen) atoms. The molecule has 9 nitrogen and oxygen atoms in total. The highest BCUT2D eigenvalue weighted by Gasteiger charge is 2.51. The van der Waals surface area contributed by atoms with E-state index in [9.17, 15) is 22.8 Å². The maximum absolute atomic E-state index is 13.2. The first-order valence-corrected chi connectivity index (χ1v) is 13.3. The van der Waals surface area contributed by atoms with E-state index in [2.05, 4.69) is 10.6 Å². The molecule has 0 spiro atoms. The molecule has 0 saturated carbocycles. The number of nitrogens with one attached hydrogen (secondary N) is 2. The summed E-state index contributed by atoms with van der Waals surface area (Å²) >= 11 is 6.19. The number of nitrogens with zero attached hydrogens (tertiary/aromatic N) is 2. The zero-order chi connectivity index (χ0) is 25.2. The Morgan fingerprint density at radius 1 is 1.09 bits per heavy atom. The fraction of sp³-hybridized carbons (Fsp3) is 0.375. The Hall–Kier alpha value is -2.95. The number of rotatable bonds is 7. The zero-order valence-corrected chi connectivity index (χ0v) is 20.9. The van der Waals surface area contributed by atoms with Gasteiger partial charge in [-0.3, -0.25) is 14.5 Å². The van der Waals surface area contributed by atoms with Crippen LogP contribution in [0.1, 0.15) is 38.2 Å². The van der Waals surface area contributed by atoms with Crippen LogP contribution in [0.5, 0.6) is 0 Å². The Balaban J connectivity index is 1.51. The summed E-state index contributed by atoms with van der Waals surface area (Å²) in [6, 6.07) is 12.4. The molecule has 2 heterocycles. The van der Waals surface area contributed by atoms with Crippen molar-refractivity contribution in [2.24, 2.45) is 0 Å². The second-order valence-corrected chi connectivity index (χ2v) is 10.9. The minimum Gasteiger partial charge on any atom is -0.324 e. The number of halogens is 1. The smallest absolute Gasteiger partial charge is 0.324 e. The van der Waals surface area contributed by atoms with Crippen LogP contribution in [0.25, 0.3) is 0 Å². The Kier molecular flexibility index (Phi) is 7.16. The van der Waals surface area contributed by atoms with Crippen LogP contribution >= 0.6 is 11.6 Å². The summed E-state index contributed by atoms with van der Waals surface area (Å²) < 4.78 is 27.5. The molecule has 0 aliphatic carbocycles. The Labute approximate surface area is 209 Å². The van der Waals surface area contributed by atoms with E-state index >= 15 is 0 Å². The normalized spacial score (nSPS) is 21.1. The summed E-state index contributed by atoms with van der Waals surface area (Å²) in [6.45, 7) is 2.10. The monoisotopic (exact) mass is 518 g/mol. The molecule has 0 aromatic heterocycles. The van der Waals surface area contributed by atoms with Gasteiger partial charge in [0.2, 0.25) is 15.9 Å². The van der Waals surface area contributed by atoms with E-state index in [4.69, 9.17) is 11.6 Å². The van der Waals surface area contributed by atoms with Crippen LogP contribution in [0.4, 0.5) is 10.5 Å². The molecule has 2 fully saturated rings. The average molecular weight is 519 g/mol. The molecule has 186 valence electrons. The third-order valence-corrected chi connectivity index (χ3v) is 8.80. The predicted octanol–water partition coefficient (Wildman–Crippen LogP) is 3.31. The molecule has 4 rings (SSSR count). The number of urea groups is 1. The van der Waals surface area contributed by atoms with Crippen molar-refractivity contribution in [3.05, 3.63) is 59.1 Å². The molecule has 2 aliphatic heterocycles.